The van der Waals surface area contributed by atoms with Crippen LogP contribution in [0.2, 0.25) is 0 Å². The van der Waals surface area contributed by atoms with E-state index < -0.39 is 0 Å². The van der Waals surface area contributed by atoms with E-state index in [0.29, 0.717) is 24.5 Å². The highest BCUT2D eigenvalue weighted by atomic mass is 16.5. The molecule has 0 unspecified atom stereocenters. The van der Waals surface area contributed by atoms with Crippen LogP contribution in [-0.4, -0.2) is 23.5 Å². The second-order valence-corrected chi connectivity index (χ2v) is 4.87. The van der Waals surface area contributed by atoms with Crippen molar-refractivity contribution in [1.82, 2.24) is 10.3 Å². The van der Waals surface area contributed by atoms with E-state index in [-0.39, 0.29) is 11.9 Å². The zero-order valence-electron chi connectivity index (χ0n) is 11.7. The van der Waals surface area contributed by atoms with Gasteiger partial charge in [-0.25, -0.2) is 0 Å². The molecular weight excluding hydrogens is 254 g/mol. The Hall–Kier alpha value is -2.30. The van der Waals surface area contributed by atoms with Crippen LogP contribution < -0.4 is 15.8 Å². The Morgan fingerprint density at radius 2 is 2.20 bits per heavy atom. The van der Waals surface area contributed by atoms with Crippen molar-refractivity contribution in [3.63, 3.8) is 0 Å². The van der Waals surface area contributed by atoms with Crippen molar-refractivity contribution in [3.8, 4) is 5.75 Å². The molecule has 5 heteroatoms. The zero-order valence-corrected chi connectivity index (χ0v) is 11.7. The molecule has 0 aliphatic rings. The van der Waals surface area contributed by atoms with Gasteiger partial charge in [-0.3, -0.25) is 9.78 Å². The fourth-order valence-corrected chi connectivity index (χ4v) is 1.94. The predicted octanol–water partition coefficient (Wildman–Crippen LogP) is 2.11. The summed E-state index contributed by atoms with van der Waals surface area (Å²) in [4.78, 5) is 15.8. The maximum atomic E-state index is 11.5. The van der Waals surface area contributed by atoms with Crippen LogP contribution in [0.15, 0.2) is 30.5 Å². The molecule has 2 aromatic rings. The Balaban J connectivity index is 2.04. The summed E-state index contributed by atoms with van der Waals surface area (Å²) in [5.74, 6) is 0.678. The molecule has 0 radical (unpaired) electrons. The Kier molecular flexibility index (Phi) is 4.40. The van der Waals surface area contributed by atoms with Gasteiger partial charge in [0.15, 0.2) is 0 Å². The first-order valence-corrected chi connectivity index (χ1v) is 6.63. The summed E-state index contributed by atoms with van der Waals surface area (Å²) in [5.41, 5.74) is 7.21. The van der Waals surface area contributed by atoms with E-state index in [0.717, 1.165) is 10.9 Å². The second kappa shape index (κ2) is 6.23. The fraction of sp³-hybridized carbons (Fsp3) is 0.333. The summed E-state index contributed by atoms with van der Waals surface area (Å²) in [7, 11) is 0. The third-order valence-electron chi connectivity index (χ3n) is 2.80. The van der Waals surface area contributed by atoms with Gasteiger partial charge in [0.05, 0.1) is 24.2 Å². The standard InChI is InChI=1S/C15H19N3O2/c1-10(2)18-14(19)7-9-20-13-6-5-12(16)15-11(13)4-3-8-17-15/h3-6,8,10H,7,9,16H2,1-2H3,(H,18,19). The SMILES string of the molecule is CC(C)NC(=O)CCOc1ccc(N)c2ncccc12. The van der Waals surface area contributed by atoms with E-state index in [4.69, 9.17) is 10.5 Å². The molecule has 5 nitrogen and oxygen atoms in total. The van der Waals surface area contributed by atoms with Gasteiger partial charge in [-0.2, -0.15) is 0 Å². The lowest BCUT2D eigenvalue weighted by Crippen LogP contribution is -2.31. The van der Waals surface area contributed by atoms with Gasteiger partial charge in [-0.1, -0.05) is 0 Å². The first kappa shape index (κ1) is 14.1. The van der Waals surface area contributed by atoms with Crippen LogP contribution in [0.3, 0.4) is 0 Å². The number of nitrogen functional groups attached to an aromatic ring is 1. The minimum atomic E-state index is -0.0159. The molecule has 0 fully saturated rings. The van der Waals surface area contributed by atoms with Crippen LogP contribution in [0.1, 0.15) is 20.3 Å². The van der Waals surface area contributed by atoms with Gasteiger partial charge in [0.25, 0.3) is 0 Å². The molecular formula is C15H19N3O2. The summed E-state index contributed by atoms with van der Waals surface area (Å²) >= 11 is 0. The van der Waals surface area contributed by atoms with Crippen LogP contribution in [0, 0.1) is 0 Å². The lowest BCUT2D eigenvalue weighted by molar-refractivity contribution is -0.122. The van der Waals surface area contributed by atoms with Crippen LogP contribution in [0.25, 0.3) is 10.9 Å². The number of rotatable bonds is 5. The smallest absolute Gasteiger partial charge is 0.223 e. The van der Waals surface area contributed by atoms with Gasteiger partial charge in [0, 0.05) is 17.6 Å². The number of hydrogen-bond donors (Lipinski definition) is 2. The van der Waals surface area contributed by atoms with Crippen LogP contribution in [-0.2, 0) is 4.79 Å². The van der Waals surface area contributed by atoms with E-state index in [1.54, 1.807) is 18.3 Å². The second-order valence-electron chi connectivity index (χ2n) is 4.87. The van der Waals surface area contributed by atoms with Crippen molar-refractivity contribution in [1.29, 1.82) is 0 Å². The van der Waals surface area contributed by atoms with E-state index in [1.807, 2.05) is 26.0 Å². The third-order valence-corrected chi connectivity index (χ3v) is 2.80. The van der Waals surface area contributed by atoms with Crippen molar-refractivity contribution in [3.05, 3.63) is 30.5 Å². The van der Waals surface area contributed by atoms with Gasteiger partial charge in [0.2, 0.25) is 5.91 Å². The number of ether oxygens (including phenoxy) is 1. The van der Waals surface area contributed by atoms with Crippen molar-refractivity contribution >= 4 is 22.5 Å². The quantitative estimate of drug-likeness (QED) is 0.818. The van der Waals surface area contributed by atoms with E-state index in [9.17, 15) is 4.79 Å². The molecule has 0 bridgehead atoms. The summed E-state index contributed by atoms with van der Waals surface area (Å²) in [6.45, 7) is 4.18. The molecule has 20 heavy (non-hydrogen) atoms. The highest BCUT2D eigenvalue weighted by Crippen LogP contribution is 2.28. The number of anilines is 1. The molecule has 2 rings (SSSR count). The average molecular weight is 273 g/mol. The largest absolute Gasteiger partial charge is 0.492 e. The molecule has 1 amide bonds. The summed E-state index contributed by atoms with van der Waals surface area (Å²) in [6, 6.07) is 7.45. The van der Waals surface area contributed by atoms with Gasteiger partial charge >= 0.3 is 0 Å². The summed E-state index contributed by atoms with van der Waals surface area (Å²) in [5, 5.41) is 3.68. The number of carbonyl (C=O) groups is 1. The Morgan fingerprint density at radius 3 is 2.95 bits per heavy atom. The molecule has 1 heterocycles. The highest BCUT2D eigenvalue weighted by molar-refractivity contribution is 5.93. The number of aromatic nitrogens is 1. The van der Waals surface area contributed by atoms with Crippen molar-refractivity contribution in [2.45, 2.75) is 26.3 Å². The highest BCUT2D eigenvalue weighted by Gasteiger charge is 2.07. The number of carbonyl (C=O) groups excluding carboxylic acids is 1. The van der Waals surface area contributed by atoms with Gasteiger partial charge in [-0.05, 0) is 38.1 Å². The maximum absolute atomic E-state index is 11.5. The molecule has 1 aromatic heterocycles. The lowest BCUT2D eigenvalue weighted by atomic mass is 10.2. The molecule has 3 N–H and O–H groups in total. The molecule has 0 atom stereocenters. The van der Waals surface area contributed by atoms with Crippen molar-refractivity contribution in [2.24, 2.45) is 0 Å². The van der Waals surface area contributed by atoms with E-state index in [2.05, 4.69) is 10.3 Å². The first-order chi connectivity index (χ1) is 9.58. The number of hydrogen-bond acceptors (Lipinski definition) is 4. The fourth-order valence-electron chi connectivity index (χ4n) is 1.94. The van der Waals surface area contributed by atoms with Gasteiger partial charge in [0.1, 0.15) is 5.75 Å². The number of nitrogens with two attached hydrogens (primary N) is 1. The first-order valence-electron chi connectivity index (χ1n) is 6.63. The van der Waals surface area contributed by atoms with Crippen LogP contribution in [0.4, 0.5) is 5.69 Å². The van der Waals surface area contributed by atoms with E-state index >= 15 is 0 Å². The lowest BCUT2D eigenvalue weighted by Gasteiger charge is -2.11. The summed E-state index contributed by atoms with van der Waals surface area (Å²) < 4.78 is 5.67. The molecule has 0 saturated heterocycles. The zero-order chi connectivity index (χ0) is 14.5. The Morgan fingerprint density at radius 1 is 1.40 bits per heavy atom. The minimum absolute atomic E-state index is 0.0159. The topological polar surface area (TPSA) is 77.2 Å². The van der Waals surface area contributed by atoms with Crippen molar-refractivity contribution in [2.75, 3.05) is 12.3 Å². The number of nitrogens with zero attached hydrogens (tertiary/aromatic N) is 1. The molecule has 0 saturated carbocycles. The average Bonchev–Trinajstić information content (AvgIpc) is 2.41. The monoisotopic (exact) mass is 273 g/mol. The normalized spacial score (nSPS) is 10.8. The summed E-state index contributed by atoms with van der Waals surface area (Å²) in [6.07, 6.45) is 2.02. The molecule has 106 valence electrons. The molecule has 0 aliphatic carbocycles. The number of fused-ring (bicyclic) bond motifs is 1. The molecule has 0 spiro atoms. The predicted molar refractivity (Wildman–Crippen MR) is 79.5 cm³/mol. The Bertz CT molecular complexity index is 611. The number of amides is 1. The number of benzene rings is 1. The third kappa shape index (κ3) is 3.38. The van der Waals surface area contributed by atoms with Gasteiger partial charge < -0.3 is 15.8 Å². The molecule has 1 aromatic carbocycles. The molecule has 0 aliphatic heterocycles. The van der Waals surface area contributed by atoms with Gasteiger partial charge in [-0.15, -0.1) is 0 Å². The Labute approximate surface area is 118 Å². The number of pyridine rings is 1. The van der Waals surface area contributed by atoms with E-state index in [1.165, 1.54) is 0 Å². The number of nitrogens with one attached hydrogen (secondary N) is 1. The van der Waals surface area contributed by atoms with Crippen LogP contribution >= 0.6 is 0 Å². The minimum Gasteiger partial charge on any atom is -0.492 e. The maximum Gasteiger partial charge on any atom is 0.223 e. The van der Waals surface area contributed by atoms with Crippen molar-refractivity contribution < 1.29 is 9.53 Å². The van der Waals surface area contributed by atoms with Crippen LogP contribution in [0.5, 0.6) is 5.75 Å².